The van der Waals surface area contributed by atoms with Gasteiger partial charge in [0.1, 0.15) is 11.3 Å². The molecule has 0 aliphatic carbocycles. The van der Waals surface area contributed by atoms with Crippen LogP contribution >= 0.6 is 0 Å². The van der Waals surface area contributed by atoms with Crippen molar-refractivity contribution >= 4 is 11.6 Å². The molecule has 0 unspecified atom stereocenters. The minimum absolute atomic E-state index is 0.222. The Morgan fingerprint density at radius 3 is 2.50 bits per heavy atom. The Morgan fingerprint density at radius 2 is 1.88 bits per heavy atom. The summed E-state index contributed by atoms with van der Waals surface area (Å²) in [5, 5.41) is 17.7. The number of rotatable bonds is 6. The van der Waals surface area contributed by atoms with Crippen LogP contribution in [0, 0.1) is 0 Å². The lowest BCUT2D eigenvalue weighted by molar-refractivity contribution is -0.274. The highest BCUT2D eigenvalue weighted by Crippen LogP contribution is 2.30. The van der Waals surface area contributed by atoms with E-state index in [4.69, 9.17) is 4.74 Å². The number of hydrogen-bond donors (Lipinski definition) is 2. The lowest BCUT2D eigenvalue weighted by atomic mass is 9.91. The monoisotopic (exact) mass is 478 g/mol. The SMILES string of the molecule is CC(C)(O)[C@@H](NC(=O)c1cnn2ccc(C3CCOCC3)nc12)c1ccc(OC(F)(F)F)cc1. The molecule has 1 atom stereocenters. The van der Waals surface area contributed by atoms with E-state index >= 15 is 0 Å². The molecule has 1 aliphatic heterocycles. The van der Waals surface area contributed by atoms with E-state index in [9.17, 15) is 23.1 Å². The zero-order chi connectivity index (χ0) is 24.5. The molecule has 0 radical (unpaired) electrons. The van der Waals surface area contributed by atoms with E-state index in [2.05, 4.69) is 20.1 Å². The third-order valence-electron chi connectivity index (χ3n) is 5.70. The third-order valence-corrected chi connectivity index (χ3v) is 5.70. The molecule has 4 rings (SSSR count). The van der Waals surface area contributed by atoms with E-state index in [1.165, 1.54) is 36.7 Å². The Hall–Kier alpha value is -3.18. The van der Waals surface area contributed by atoms with Crippen LogP contribution in [0.5, 0.6) is 5.75 Å². The maximum Gasteiger partial charge on any atom is 0.573 e. The van der Waals surface area contributed by atoms with Crippen molar-refractivity contribution in [3.63, 3.8) is 0 Å². The molecule has 1 amide bonds. The van der Waals surface area contributed by atoms with Gasteiger partial charge in [0, 0.05) is 31.0 Å². The summed E-state index contributed by atoms with van der Waals surface area (Å²) in [7, 11) is 0. The molecule has 0 saturated carbocycles. The van der Waals surface area contributed by atoms with Crippen LogP contribution in [0.25, 0.3) is 5.65 Å². The molecule has 182 valence electrons. The average Bonchev–Trinajstić information content (AvgIpc) is 3.20. The minimum Gasteiger partial charge on any atom is -0.406 e. The smallest absolute Gasteiger partial charge is 0.406 e. The van der Waals surface area contributed by atoms with E-state index < -0.39 is 29.7 Å². The molecule has 3 aromatic rings. The lowest BCUT2D eigenvalue weighted by Gasteiger charge is -2.30. The molecule has 0 bridgehead atoms. The number of benzene rings is 1. The second-order valence-corrected chi connectivity index (χ2v) is 8.74. The van der Waals surface area contributed by atoms with Gasteiger partial charge in [-0.2, -0.15) is 5.10 Å². The molecule has 2 aromatic heterocycles. The number of aromatic nitrogens is 3. The molecule has 11 heteroatoms. The maximum absolute atomic E-state index is 13.2. The molecule has 3 heterocycles. The summed E-state index contributed by atoms with van der Waals surface area (Å²) in [4.78, 5) is 17.8. The average molecular weight is 478 g/mol. The van der Waals surface area contributed by atoms with Gasteiger partial charge in [-0.1, -0.05) is 12.1 Å². The molecular weight excluding hydrogens is 453 g/mol. The van der Waals surface area contributed by atoms with Gasteiger partial charge in [-0.3, -0.25) is 4.79 Å². The van der Waals surface area contributed by atoms with Gasteiger partial charge in [-0.25, -0.2) is 9.50 Å². The largest absolute Gasteiger partial charge is 0.573 e. The standard InChI is InChI=1S/C23H25F3N4O4/c1-22(2,32)19(15-3-5-16(6-4-15)34-23(24,25)26)29-21(31)17-13-27-30-10-7-18(28-20(17)30)14-8-11-33-12-9-14/h3-7,10,13-14,19,32H,8-9,11-12H2,1-2H3,(H,29,31)/t19-/m0/s1. The van der Waals surface area contributed by atoms with Gasteiger partial charge in [0.15, 0.2) is 5.65 Å². The minimum atomic E-state index is -4.81. The molecule has 2 N–H and O–H groups in total. The molecule has 0 spiro atoms. The summed E-state index contributed by atoms with van der Waals surface area (Å²) in [6.07, 6.45) is 0.0105. The predicted octanol–water partition coefficient (Wildman–Crippen LogP) is 3.76. The third kappa shape index (κ3) is 5.48. The molecule has 8 nitrogen and oxygen atoms in total. The van der Waals surface area contributed by atoms with Crippen LogP contribution in [-0.2, 0) is 4.74 Å². The zero-order valence-corrected chi connectivity index (χ0v) is 18.7. The van der Waals surface area contributed by atoms with Crippen molar-refractivity contribution in [3.8, 4) is 5.75 Å². The van der Waals surface area contributed by atoms with Crippen LogP contribution in [0.4, 0.5) is 13.2 Å². The first-order valence-electron chi connectivity index (χ1n) is 10.8. The lowest BCUT2D eigenvalue weighted by Crippen LogP contribution is -2.42. The predicted molar refractivity (Wildman–Crippen MR) is 115 cm³/mol. The first-order chi connectivity index (χ1) is 16.0. The van der Waals surface area contributed by atoms with E-state index in [1.54, 1.807) is 6.20 Å². The number of fused-ring (bicyclic) bond motifs is 1. The Labute approximate surface area is 193 Å². The number of nitrogens with zero attached hydrogens (tertiary/aromatic N) is 3. The summed E-state index contributed by atoms with van der Waals surface area (Å²) in [6.45, 7) is 4.31. The Bertz CT molecular complexity index is 1150. The molecule has 1 aliphatic rings. The van der Waals surface area contributed by atoms with E-state index in [0.717, 1.165) is 30.7 Å². The van der Waals surface area contributed by atoms with Crippen LogP contribution < -0.4 is 10.1 Å². The number of carbonyl (C=O) groups excluding carboxylic acids is 1. The van der Waals surface area contributed by atoms with E-state index in [-0.39, 0.29) is 11.5 Å². The Morgan fingerprint density at radius 1 is 1.21 bits per heavy atom. The van der Waals surface area contributed by atoms with Gasteiger partial charge in [-0.15, -0.1) is 13.2 Å². The molecule has 1 aromatic carbocycles. The summed E-state index contributed by atoms with van der Waals surface area (Å²) in [6, 6.07) is 5.94. The van der Waals surface area contributed by atoms with Crippen molar-refractivity contribution in [2.75, 3.05) is 13.2 Å². The molecule has 34 heavy (non-hydrogen) atoms. The second-order valence-electron chi connectivity index (χ2n) is 8.74. The van der Waals surface area contributed by atoms with Gasteiger partial charge >= 0.3 is 6.36 Å². The van der Waals surface area contributed by atoms with E-state index in [1.807, 2.05) is 6.07 Å². The summed E-state index contributed by atoms with van der Waals surface area (Å²) >= 11 is 0. The van der Waals surface area contributed by atoms with Crippen molar-refractivity contribution in [1.29, 1.82) is 0 Å². The van der Waals surface area contributed by atoms with Crippen LogP contribution in [0.1, 0.15) is 60.3 Å². The maximum atomic E-state index is 13.2. The van der Waals surface area contributed by atoms with Crippen molar-refractivity contribution in [2.24, 2.45) is 0 Å². The normalized spacial score (nSPS) is 16.4. The van der Waals surface area contributed by atoms with Crippen molar-refractivity contribution in [1.82, 2.24) is 19.9 Å². The van der Waals surface area contributed by atoms with Crippen LogP contribution in [-0.4, -0.2) is 50.8 Å². The second kappa shape index (κ2) is 9.22. The fraction of sp³-hybridized carbons (Fsp3) is 0.435. The number of carbonyl (C=O) groups is 1. The van der Waals surface area contributed by atoms with Gasteiger partial charge < -0.3 is 19.9 Å². The van der Waals surface area contributed by atoms with Gasteiger partial charge in [0.25, 0.3) is 5.91 Å². The number of aliphatic hydroxyl groups is 1. The first kappa shape index (κ1) is 24.0. The van der Waals surface area contributed by atoms with Crippen molar-refractivity contribution in [3.05, 3.63) is 59.5 Å². The van der Waals surface area contributed by atoms with Crippen molar-refractivity contribution < 1.29 is 32.5 Å². The number of alkyl halides is 3. The van der Waals surface area contributed by atoms with Crippen molar-refractivity contribution in [2.45, 2.75) is 50.6 Å². The quantitative estimate of drug-likeness (QED) is 0.560. The van der Waals surface area contributed by atoms with Crippen LogP contribution in [0.15, 0.2) is 42.7 Å². The number of ether oxygens (including phenoxy) is 2. The molecule has 1 fully saturated rings. The number of hydrogen-bond acceptors (Lipinski definition) is 6. The van der Waals surface area contributed by atoms with Gasteiger partial charge in [0.05, 0.1) is 17.8 Å². The Kier molecular flexibility index (Phi) is 6.50. The topological polar surface area (TPSA) is 98.0 Å². The Balaban J connectivity index is 1.58. The van der Waals surface area contributed by atoms with Crippen LogP contribution in [0.2, 0.25) is 0 Å². The number of halogens is 3. The highest BCUT2D eigenvalue weighted by atomic mass is 19.4. The summed E-state index contributed by atoms with van der Waals surface area (Å²) in [5.74, 6) is -0.690. The molecule has 1 saturated heterocycles. The van der Waals surface area contributed by atoms with Gasteiger partial charge in [-0.05, 0) is 50.5 Å². The zero-order valence-electron chi connectivity index (χ0n) is 18.7. The highest BCUT2D eigenvalue weighted by molar-refractivity contribution is 5.99. The van der Waals surface area contributed by atoms with Crippen LogP contribution in [0.3, 0.4) is 0 Å². The number of nitrogens with one attached hydrogen (secondary N) is 1. The first-order valence-corrected chi connectivity index (χ1v) is 10.8. The molecular formula is C23H25F3N4O4. The highest BCUT2D eigenvalue weighted by Gasteiger charge is 2.33. The fourth-order valence-electron chi connectivity index (χ4n) is 4.00. The van der Waals surface area contributed by atoms with Gasteiger partial charge in [0.2, 0.25) is 0 Å². The van der Waals surface area contributed by atoms with E-state index in [0.29, 0.717) is 24.4 Å². The fourth-order valence-corrected chi connectivity index (χ4v) is 4.00. The number of amides is 1. The summed E-state index contributed by atoms with van der Waals surface area (Å²) < 4.78 is 48.2. The summed E-state index contributed by atoms with van der Waals surface area (Å²) in [5.41, 5.74) is 0.434.